The number of amides is 1. The predicted molar refractivity (Wildman–Crippen MR) is 82.1 cm³/mol. The molecule has 0 spiro atoms. The average molecular weight is 299 g/mol. The van der Waals surface area contributed by atoms with E-state index in [0.717, 1.165) is 5.56 Å². The molecule has 0 aliphatic carbocycles. The van der Waals surface area contributed by atoms with Gasteiger partial charge in [0.1, 0.15) is 18.0 Å². The maximum Gasteiger partial charge on any atom is 0.330 e. The van der Waals surface area contributed by atoms with Crippen molar-refractivity contribution in [2.75, 3.05) is 13.7 Å². The molecule has 0 saturated carbocycles. The van der Waals surface area contributed by atoms with Gasteiger partial charge in [-0.05, 0) is 48.9 Å². The molecule has 0 radical (unpaired) electrons. The molecule has 0 unspecified atom stereocenters. The number of hydrogen-bond donors (Lipinski definition) is 1. The molecule has 0 aromatic heterocycles. The second kappa shape index (κ2) is 7.26. The Labute approximate surface area is 128 Å². The summed E-state index contributed by atoms with van der Waals surface area (Å²) in [6.45, 7) is 1.71. The molecule has 2 aromatic rings. The number of benzene rings is 2. The van der Waals surface area contributed by atoms with Crippen LogP contribution >= 0.6 is 0 Å². The van der Waals surface area contributed by atoms with E-state index in [2.05, 4.69) is 5.32 Å². The monoisotopic (exact) mass is 299 g/mol. The van der Waals surface area contributed by atoms with E-state index in [0.29, 0.717) is 17.1 Å². The Morgan fingerprint density at radius 3 is 2.41 bits per heavy atom. The lowest BCUT2D eigenvalue weighted by Crippen LogP contribution is -2.31. The Bertz CT molecular complexity index is 665. The number of esters is 1. The van der Waals surface area contributed by atoms with Crippen LogP contribution in [0.2, 0.25) is 0 Å². The van der Waals surface area contributed by atoms with Crippen LogP contribution in [0.4, 0.5) is 0 Å². The average Bonchev–Trinajstić information content (AvgIpc) is 2.52. The van der Waals surface area contributed by atoms with Crippen LogP contribution in [0, 0.1) is 6.92 Å². The fourth-order valence-electron chi connectivity index (χ4n) is 1.84. The van der Waals surface area contributed by atoms with Gasteiger partial charge in [-0.2, -0.15) is 0 Å². The maximum absolute atomic E-state index is 11.9. The molecule has 114 valence electrons. The van der Waals surface area contributed by atoms with E-state index in [4.69, 9.17) is 9.47 Å². The van der Waals surface area contributed by atoms with Crippen molar-refractivity contribution >= 4 is 11.9 Å². The maximum atomic E-state index is 11.9. The number of methoxy groups -OCH3 is 1. The fraction of sp³-hybridized carbons (Fsp3) is 0.176. The number of carbonyl (C=O) groups excluding carboxylic acids is 2. The summed E-state index contributed by atoms with van der Waals surface area (Å²) >= 11 is 0. The Morgan fingerprint density at radius 1 is 1.05 bits per heavy atom. The van der Waals surface area contributed by atoms with Gasteiger partial charge in [0.05, 0.1) is 7.11 Å². The highest BCUT2D eigenvalue weighted by Gasteiger charge is 2.10. The van der Waals surface area contributed by atoms with Crippen molar-refractivity contribution in [2.24, 2.45) is 0 Å². The first-order chi connectivity index (χ1) is 10.6. The first-order valence-electron chi connectivity index (χ1n) is 6.78. The van der Waals surface area contributed by atoms with E-state index >= 15 is 0 Å². The van der Waals surface area contributed by atoms with Gasteiger partial charge in [0.15, 0.2) is 0 Å². The van der Waals surface area contributed by atoms with Gasteiger partial charge < -0.3 is 14.8 Å². The minimum absolute atomic E-state index is 0.196. The van der Waals surface area contributed by atoms with Gasteiger partial charge >= 0.3 is 5.97 Å². The zero-order chi connectivity index (χ0) is 15.9. The van der Waals surface area contributed by atoms with Crippen molar-refractivity contribution in [3.05, 3.63) is 59.7 Å². The Hall–Kier alpha value is -2.82. The smallest absolute Gasteiger partial charge is 0.330 e. The number of aryl methyl sites for hydroxylation is 1. The van der Waals surface area contributed by atoms with Crippen molar-refractivity contribution in [1.29, 1.82) is 0 Å². The third kappa shape index (κ3) is 4.34. The predicted octanol–water partition coefficient (Wildman–Crippen LogP) is 2.34. The van der Waals surface area contributed by atoms with Crippen LogP contribution < -0.4 is 14.8 Å². The van der Waals surface area contributed by atoms with Gasteiger partial charge in [-0.1, -0.05) is 12.1 Å². The summed E-state index contributed by atoms with van der Waals surface area (Å²) < 4.78 is 10.2. The molecule has 0 fully saturated rings. The summed E-state index contributed by atoms with van der Waals surface area (Å²) in [5, 5.41) is 2.52. The van der Waals surface area contributed by atoms with Crippen LogP contribution in [0.15, 0.2) is 48.5 Å². The van der Waals surface area contributed by atoms with Gasteiger partial charge in [-0.3, -0.25) is 4.79 Å². The Balaban J connectivity index is 1.86. The fourth-order valence-corrected chi connectivity index (χ4v) is 1.84. The summed E-state index contributed by atoms with van der Waals surface area (Å²) in [6, 6.07) is 13.8. The molecule has 0 saturated heterocycles. The van der Waals surface area contributed by atoms with Gasteiger partial charge in [-0.25, -0.2) is 4.79 Å². The molecule has 0 bridgehead atoms. The normalized spacial score (nSPS) is 9.91. The van der Waals surface area contributed by atoms with Gasteiger partial charge in [0.2, 0.25) is 0 Å². The van der Waals surface area contributed by atoms with Crippen molar-refractivity contribution < 1.29 is 19.1 Å². The van der Waals surface area contributed by atoms with Crippen LogP contribution in [0.5, 0.6) is 11.5 Å². The first kappa shape index (κ1) is 15.6. The van der Waals surface area contributed by atoms with Crippen LogP contribution in [-0.2, 0) is 4.79 Å². The number of hydrogen-bond acceptors (Lipinski definition) is 4. The summed E-state index contributed by atoms with van der Waals surface area (Å²) in [5.74, 6) is 0.260. The third-order valence-corrected chi connectivity index (χ3v) is 2.97. The highest BCUT2D eigenvalue weighted by Crippen LogP contribution is 2.13. The van der Waals surface area contributed by atoms with Crippen LogP contribution in [0.25, 0.3) is 0 Å². The summed E-state index contributed by atoms with van der Waals surface area (Å²) in [7, 11) is 1.55. The minimum Gasteiger partial charge on any atom is -0.497 e. The number of ether oxygens (including phenoxy) is 2. The van der Waals surface area contributed by atoms with E-state index in [-0.39, 0.29) is 12.5 Å². The molecule has 0 atom stereocenters. The summed E-state index contributed by atoms with van der Waals surface area (Å²) in [5.41, 5.74) is 1.44. The Kier molecular flexibility index (Phi) is 5.14. The lowest BCUT2D eigenvalue weighted by molar-refractivity contribution is -0.133. The van der Waals surface area contributed by atoms with Crippen molar-refractivity contribution in [3.8, 4) is 11.5 Å². The number of nitrogens with one attached hydrogen (secondary N) is 1. The summed E-state index contributed by atoms with van der Waals surface area (Å²) in [6.07, 6.45) is 0. The standard InChI is InChI=1S/C17H17NO4/c1-12-4-3-5-15(10-12)22-16(19)11-18-17(20)13-6-8-14(21-2)9-7-13/h3-10H,11H2,1-2H3,(H,18,20). The molecule has 0 aliphatic rings. The Morgan fingerprint density at radius 2 is 1.77 bits per heavy atom. The third-order valence-electron chi connectivity index (χ3n) is 2.97. The van der Waals surface area contributed by atoms with E-state index in [1.54, 1.807) is 49.6 Å². The highest BCUT2D eigenvalue weighted by atomic mass is 16.5. The lowest BCUT2D eigenvalue weighted by atomic mass is 10.2. The molecule has 2 rings (SSSR count). The molecule has 0 heterocycles. The number of rotatable bonds is 5. The SMILES string of the molecule is COc1ccc(C(=O)NCC(=O)Oc2cccc(C)c2)cc1. The second-order valence-electron chi connectivity index (χ2n) is 4.70. The van der Waals surface area contributed by atoms with Gasteiger partial charge in [-0.15, -0.1) is 0 Å². The second-order valence-corrected chi connectivity index (χ2v) is 4.70. The van der Waals surface area contributed by atoms with Crippen molar-refractivity contribution in [1.82, 2.24) is 5.32 Å². The largest absolute Gasteiger partial charge is 0.497 e. The molecule has 5 heteroatoms. The molecule has 1 N–H and O–H groups in total. The van der Waals surface area contributed by atoms with E-state index in [1.807, 2.05) is 13.0 Å². The zero-order valence-electron chi connectivity index (χ0n) is 12.5. The van der Waals surface area contributed by atoms with Crippen molar-refractivity contribution in [3.63, 3.8) is 0 Å². The van der Waals surface area contributed by atoms with Gasteiger partial charge in [0.25, 0.3) is 5.91 Å². The van der Waals surface area contributed by atoms with E-state index in [9.17, 15) is 9.59 Å². The topological polar surface area (TPSA) is 64.6 Å². The molecular formula is C17H17NO4. The van der Waals surface area contributed by atoms with E-state index < -0.39 is 5.97 Å². The van der Waals surface area contributed by atoms with Crippen LogP contribution in [0.1, 0.15) is 15.9 Å². The quantitative estimate of drug-likeness (QED) is 0.680. The molecule has 1 amide bonds. The minimum atomic E-state index is -0.521. The highest BCUT2D eigenvalue weighted by molar-refractivity contribution is 5.96. The lowest BCUT2D eigenvalue weighted by Gasteiger charge is -2.07. The van der Waals surface area contributed by atoms with Gasteiger partial charge in [0, 0.05) is 5.56 Å². The van der Waals surface area contributed by atoms with Crippen LogP contribution in [0.3, 0.4) is 0 Å². The van der Waals surface area contributed by atoms with E-state index in [1.165, 1.54) is 0 Å². The molecule has 0 aliphatic heterocycles. The molecular weight excluding hydrogens is 282 g/mol. The molecule has 22 heavy (non-hydrogen) atoms. The first-order valence-corrected chi connectivity index (χ1v) is 6.78. The molecule has 5 nitrogen and oxygen atoms in total. The van der Waals surface area contributed by atoms with Crippen molar-refractivity contribution in [2.45, 2.75) is 6.92 Å². The number of carbonyl (C=O) groups is 2. The summed E-state index contributed by atoms with van der Waals surface area (Å²) in [4.78, 5) is 23.6. The zero-order valence-corrected chi connectivity index (χ0v) is 12.5. The molecule has 2 aromatic carbocycles. The van der Waals surface area contributed by atoms with Crippen LogP contribution in [-0.4, -0.2) is 25.5 Å².